The molecule has 9 aromatic carbocycles. The molecule has 5 heteroatoms. The largest absolute Gasteiger partial charge is 0.311 e. The molecule has 0 unspecified atom stereocenters. The van der Waals surface area contributed by atoms with E-state index in [4.69, 9.17) is 10.2 Å². The Bertz CT molecular complexity index is 2720. The third kappa shape index (κ3) is 7.48. The van der Waals surface area contributed by atoms with Crippen molar-refractivity contribution < 1.29 is 0 Å². The number of hydrogen-bond acceptors (Lipinski definition) is 4. The van der Waals surface area contributed by atoms with Gasteiger partial charge in [0.2, 0.25) is 0 Å². The number of anilines is 6. The summed E-state index contributed by atoms with van der Waals surface area (Å²) in [6, 6.07) is 86.9. The topological polar surface area (TPSA) is 37.2 Å². The smallest absolute Gasteiger partial charge is 0.169 e. The van der Waals surface area contributed by atoms with Gasteiger partial charge in [0.1, 0.15) is 0 Å². The van der Waals surface area contributed by atoms with Gasteiger partial charge in [-0.2, -0.15) is 0 Å². The Morgan fingerprint density at radius 2 is 0.508 bits per heavy atom. The third-order valence-corrected chi connectivity index (χ3v) is 10.9. The van der Waals surface area contributed by atoms with Crippen LogP contribution in [0.3, 0.4) is 0 Å². The fraction of sp³-hybridized carbons (Fsp3) is 0. The van der Waals surface area contributed by atoms with Crippen LogP contribution in [0.2, 0.25) is 0 Å². The maximum absolute atomic E-state index is 4.99. The van der Waals surface area contributed by atoms with Crippen molar-refractivity contribution in [3.8, 4) is 50.7 Å². The van der Waals surface area contributed by atoms with Crippen molar-refractivity contribution in [2.75, 3.05) is 9.80 Å². The van der Waals surface area contributed by atoms with E-state index in [1.54, 1.807) is 0 Å². The summed E-state index contributed by atoms with van der Waals surface area (Å²) in [4.78, 5) is 4.56. The van der Waals surface area contributed by atoms with Gasteiger partial charge < -0.3 is 9.80 Å². The Morgan fingerprint density at radius 3 is 0.836 bits per heavy atom. The van der Waals surface area contributed by atoms with Gasteiger partial charge in [-0.15, -0.1) is 10.2 Å². The molecule has 10 aromatic rings. The summed E-state index contributed by atoms with van der Waals surface area (Å²) in [5.41, 5.74) is 13.8. The van der Waals surface area contributed by atoms with Gasteiger partial charge in [-0.1, -0.05) is 164 Å². The maximum atomic E-state index is 4.99. The van der Waals surface area contributed by atoms with Crippen LogP contribution < -0.4 is 9.80 Å². The lowest BCUT2D eigenvalue weighted by molar-refractivity contribution is 1.07. The zero-order valence-electron chi connectivity index (χ0n) is 33.4. The molecule has 0 fully saturated rings. The second kappa shape index (κ2) is 16.9. The van der Waals surface area contributed by atoms with Crippen LogP contribution in [0.25, 0.3) is 50.7 Å². The first kappa shape index (κ1) is 37.0. The Labute approximate surface area is 356 Å². The van der Waals surface area contributed by atoms with Crippen LogP contribution in [-0.2, 0) is 0 Å². The fourth-order valence-corrected chi connectivity index (χ4v) is 8.10. The Balaban J connectivity index is 1.04. The van der Waals surface area contributed by atoms with Crippen LogP contribution >= 0.6 is 0 Å². The Hall–Kier alpha value is -8.28. The van der Waals surface area contributed by atoms with Crippen molar-refractivity contribution in [2.24, 2.45) is 0 Å². The second-order valence-electron chi connectivity index (χ2n) is 14.7. The number of benzene rings is 9. The van der Waals surface area contributed by atoms with E-state index in [0.29, 0.717) is 0 Å². The molecule has 0 atom stereocenters. The quantitative estimate of drug-likeness (QED) is 0.131. The second-order valence-corrected chi connectivity index (χ2v) is 14.7. The van der Waals surface area contributed by atoms with Crippen molar-refractivity contribution in [2.45, 2.75) is 0 Å². The van der Waals surface area contributed by atoms with Crippen molar-refractivity contribution in [3.05, 3.63) is 249 Å². The first-order valence-corrected chi connectivity index (χ1v) is 20.5. The molecule has 0 aliphatic rings. The van der Waals surface area contributed by atoms with Crippen LogP contribution in [0, 0.1) is 0 Å². The predicted molar refractivity (Wildman–Crippen MR) is 252 cm³/mol. The Morgan fingerprint density at radius 1 is 0.246 bits per heavy atom. The summed E-state index contributed by atoms with van der Waals surface area (Å²) in [6.45, 7) is 0. The molecule has 290 valence electrons. The van der Waals surface area contributed by atoms with Crippen LogP contribution in [0.15, 0.2) is 249 Å². The highest BCUT2D eigenvalue weighted by Gasteiger charge is 2.23. The molecule has 0 N–H and O–H groups in total. The van der Waals surface area contributed by atoms with Gasteiger partial charge >= 0.3 is 0 Å². The minimum atomic E-state index is 0.766. The predicted octanol–water partition coefficient (Wildman–Crippen LogP) is 14.9. The molecule has 1 aromatic heterocycles. The molecule has 0 saturated heterocycles. The van der Waals surface area contributed by atoms with Crippen LogP contribution in [0.5, 0.6) is 0 Å². The molecule has 5 nitrogen and oxygen atoms in total. The number of aromatic nitrogens is 3. The lowest BCUT2D eigenvalue weighted by atomic mass is 9.97. The van der Waals surface area contributed by atoms with E-state index in [0.717, 1.165) is 84.8 Å². The standard InChI is InChI=1S/C56H41N5/c1-6-20-44(21-7-1)59(45-22-8-2-9-23-45)49-38-34-42(35-39-49)51-30-16-18-32-53(51)55-57-58-56(61(55)48-28-14-5-15-29-48)54-33-19-17-31-52(54)43-36-40-50(41-37-43)60(46-24-10-3-11-25-46)47-26-12-4-13-27-47/h1-41H. The first-order valence-electron chi connectivity index (χ1n) is 20.5. The van der Waals surface area contributed by atoms with Gasteiger partial charge in [-0.05, 0) is 107 Å². The van der Waals surface area contributed by atoms with Gasteiger partial charge in [0.25, 0.3) is 0 Å². The SMILES string of the molecule is c1ccc(N(c2ccccc2)c2ccc(-c3ccccc3-c3nnc(-c4ccccc4-c4ccc(N(c5ccccc5)c5ccccc5)cc4)n3-c3ccccc3)cc2)cc1. The molecule has 0 amide bonds. The number of nitrogens with zero attached hydrogens (tertiary/aromatic N) is 5. The van der Waals surface area contributed by atoms with Crippen molar-refractivity contribution in [1.29, 1.82) is 0 Å². The normalized spacial score (nSPS) is 11.0. The molecule has 0 spiro atoms. The zero-order valence-corrected chi connectivity index (χ0v) is 33.4. The lowest BCUT2D eigenvalue weighted by Crippen LogP contribution is -2.09. The number of rotatable bonds is 11. The first-order chi connectivity index (χ1) is 30.3. The molecular weight excluding hydrogens is 743 g/mol. The summed E-state index contributed by atoms with van der Waals surface area (Å²) in [5, 5.41) is 9.98. The Kier molecular flexibility index (Phi) is 10.3. The summed E-state index contributed by atoms with van der Waals surface area (Å²) in [6.07, 6.45) is 0. The van der Waals surface area contributed by atoms with Crippen molar-refractivity contribution in [1.82, 2.24) is 14.8 Å². The van der Waals surface area contributed by atoms with E-state index in [2.05, 4.69) is 257 Å². The number of hydrogen-bond donors (Lipinski definition) is 0. The highest BCUT2D eigenvalue weighted by atomic mass is 15.3. The van der Waals surface area contributed by atoms with E-state index in [9.17, 15) is 0 Å². The fourth-order valence-electron chi connectivity index (χ4n) is 8.10. The average molecular weight is 784 g/mol. The zero-order chi connectivity index (χ0) is 40.8. The van der Waals surface area contributed by atoms with E-state index >= 15 is 0 Å². The summed E-state index contributed by atoms with van der Waals surface area (Å²) >= 11 is 0. The molecule has 10 rings (SSSR count). The van der Waals surface area contributed by atoms with Gasteiger partial charge in [0.05, 0.1) is 0 Å². The lowest BCUT2D eigenvalue weighted by Gasteiger charge is -2.25. The molecule has 0 aliphatic carbocycles. The van der Waals surface area contributed by atoms with E-state index in [-0.39, 0.29) is 0 Å². The van der Waals surface area contributed by atoms with E-state index < -0.39 is 0 Å². The van der Waals surface area contributed by atoms with Crippen LogP contribution in [0.4, 0.5) is 34.1 Å². The minimum Gasteiger partial charge on any atom is -0.311 e. The third-order valence-electron chi connectivity index (χ3n) is 10.9. The minimum absolute atomic E-state index is 0.766. The van der Waals surface area contributed by atoms with E-state index in [1.807, 2.05) is 6.07 Å². The highest BCUT2D eigenvalue weighted by molar-refractivity contribution is 5.87. The summed E-state index contributed by atoms with van der Waals surface area (Å²) in [7, 11) is 0. The van der Waals surface area contributed by atoms with Gasteiger partial charge in [-0.25, -0.2) is 0 Å². The van der Waals surface area contributed by atoms with Crippen molar-refractivity contribution in [3.63, 3.8) is 0 Å². The molecule has 0 radical (unpaired) electrons. The van der Waals surface area contributed by atoms with E-state index in [1.165, 1.54) is 0 Å². The summed E-state index contributed by atoms with van der Waals surface area (Å²) < 4.78 is 2.19. The monoisotopic (exact) mass is 783 g/mol. The van der Waals surface area contributed by atoms with Gasteiger partial charge in [0, 0.05) is 50.9 Å². The number of para-hydroxylation sites is 5. The average Bonchev–Trinajstić information content (AvgIpc) is 3.79. The van der Waals surface area contributed by atoms with Gasteiger partial charge in [-0.3, -0.25) is 4.57 Å². The highest BCUT2D eigenvalue weighted by Crippen LogP contribution is 2.41. The molecular formula is C56H41N5. The summed E-state index contributed by atoms with van der Waals surface area (Å²) in [5.74, 6) is 1.53. The van der Waals surface area contributed by atoms with Crippen LogP contribution in [-0.4, -0.2) is 14.8 Å². The van der Waals surface area contributed by atoms with Crippen LogP contribution in [0.1, 0.15) is 0 Å². The molecule has 1 heterocycles. The van der Waals surface area contributed by atoms with Gasteiger partial charge in [0.15, 0.2) is 11.6 Å². The maximum Gasteiger partial charge on any atom is 0.169 e. The molecule has 0 saturated carbocycles. The van der Waals surface area contributed by atoms with Crippen molar-refractivity contribution >= 4 is 34.1 Å². The molecule has 61 heavy (non-hydrogen) atoms. The molecule has 0 aliphatic heterocycles. The molecule has 0 bridgehead atoms.